The maximum atomic E-state index is 13.4. The van der Waals surface area contributed by atoms with Gasteiger partial charge in [-0.15, -0.1) is 0 Å². The zero-order chi connectivity index (χ0) is 18.1. The van der Waals surface area contributed by atoms with Gasteiger partial charge in [-0.1, -0.05) is 6.07 Å². The molecule has 7 heteroatoms. The molecule has 2 heterocycles. The molecule has 0 bridgehead atoms. The molecule has 0 radical (unpaired) electrons. The summed E-state index contributed by atoms with van der Waals surface area (Å²) in [7, 11) is 0. The molecular formula is C19H14FN3O3. The van der Waals surface area contributed by atoms with Gasteiger partial charge in [-0.3, -0.25) is 9.59 Å². The Morgan fingerprint density at radius 3 is 2.77 bits per heavy atom. The summed E-state index contributed by atoms with van der Waals surface area (Å²) < 4.78 is 18.6. The zero-order valence-electron chi connectivity index (χ0n) is 13.5. The molecule has 4 rings (SSSR count). The highest BCUT2D eigenvalue weighted by molar-refractivity contribution is 6.05. The lowest BCUT2D eigenvalue weighted by Gasteiger charge is -2.24. The van der Waals surface area contributed by atoms with Gasteiger partial charge in [0.15, 0.2) is 12.2 Å². The van der Waals surface area contributed by atoms with Crippen molar-refractivity contribution in [3.63, 3.8) is 0 Å². The first-order chi connectivity index (χ1) is 12.6. The lowest BCUT2D eigenvalue weighted by atomic mass is 9.89. The topological polar surface area (TPSA) is 84.2 Å². The molecule has 26 heavy (non-hydrogen) atoms. The number of carbonyl (C=O) groups is 2. The second kappa shape index (κ2) is 6.44. The third kappa shape index (κ3) is 3.06. The number of fused-ring (bicyclic) bond motifs is 1. The van der Waals surface area contributed by atoms with E-state index in [1.54, 1.807) is 30.5 Å². The quantitative estimate of drug-likeness (QED) is 0.756. The Hall–Kier alpha value is -3.48. The van der Waals surface area contributed by atoms with Crippen molar-refractivity contribution in [1.29, 1.82) is 0 Å². The Bertz CT molecular complexity index is 968. The number of amides is 2. The summed E-state index contributed by atoms with van der Waals surface area (Å²) in [5.41, 5.74) is 2.36. The molecule has 2 amide bonds. The number of anilines is 2. The van der Waals surface area contributed by atoms with Crippen molar-refractivity contribution in [3.8, 4) is 11.3 Å². The molecule has 1 atom stereocenters. The number of oxazole rings is 1. The molecule has 1 aromatic heterocycles. The lowest BCUT2D eigenvalue weighted by molar-refractivity contribution is -0.123. The van der Waals surface area contributed by atoms with E-state index in [1.807, 2.05) is 0 Å². The third-order valence-corrected chi connectivity index (χ3v) is 4.24. The monoisotopic (exact) mass is 351 g/mol. The Morgan fingerprint density at radius 1 is 1.23 bits per heavy atom. The fraction of sp³-hybridized carbons (Fsp3) is 0.105. The van der Waals surface area contributed by atoms with Crippen molar-refractivity contribution in [1.82, 2.24) is 4.98 Å². The van der Waals surface area contributed by atoms with Gasteiger partial charge >= 0.3 is 0 Å². The van der Waals surface area contributed by atoms with Crippen LogP contribution in [0.1, 0.15) is 17.9 Å². The summed E-state index contributed by atoms with van der Waals surface area (Å²) in [6.07, 6.45) is 2.96. The van der Waals surface area contributed by atoms with E-state index in [0.717, 1.165) is 5.56 Å². The number of benzene rings is 2. The first-order valence-electron chi connectivity index (χ1n) is 7.99. The Balaban J connectivity index is 1.54. The van der Waals surface area contributed by atoms with Gasteiger partial charge in [0.25, 0.3) is 0 Å². The fourth-order valence-electron chi connectivity index (χ4n) is 2.98. The standard InChI is InChI=1S/C19H14FN3O3/c20-12-3-6-14-15(8-18(24)23-16(14)7-12)19(25)22-13-4-1-11(2-5-13)17-9-21-10-26-17/h1-7,9-10,15H,8H2,(H,22,25)(H,23,24). The molecule has 0 fully saturated rings. The predicted molar refractivity (Wildman–Crippen MR) is 93.0 cm³/mol. The molecule has 1 aliphatic heterocycles. The molecular weight excluding hydrogens is 337 g/mol. The van der Waals surface area contributed by atoms with Gasteiger partial charge in [-0.05, 0) is 42.0 Å². The average Bonchev–Trinajstić information content (AvgIpc) is 3.16. The van der Waals surface area contributed by atoms with Crippen molar-refractivity contribution in [2.75, 3.05) is 10.6 Å². The number of aromatic nitrogens is 1. The van der Waals surface area contributed by atoms with Crippen molar-refractivity contribution >= 4 is 23.2 Å². The average molecular weight is 351 g/mol. The molecule has 130 valence electrons. The van der Waals surface area contributed by atoms with E-state index in [-0.39, 0.29) is 18.2 Å². The second-order valence-electron chi connectivity index (χ2n) is 5.97. The van der Waals surface area contributed by atoms with Crippen LogP contribution in [0.2, 0.25) is 0 Å². The fourth-order valence-corrected chi connectivity index (χ4v) is 2.98. The second-order valence-corrected chi connectivity index (χ2v) is 5.97. The zero-order valence-corrected chi connectivity index (χ0v) is 13.5. The van der Waals surface area contributed by atoms with Crippen LogP contribution in [0.5, 0.6) is 0 Å². The van der Waals surface area contributed by atoms with E-state index in [0.29, 0.717) is 22.7 Å². The van der Waals surface area contributed by atoms with Crippen LogP contribution in [-0.4, -0.2) is 16.8 Å². The molecule has 1 unspecified atom stereocenters. The first kappa shape index (κ1) is 16.0. The van der Waals surface area contributed by atoms with Gasteiger partial charge in [-0.25, -0.2) is 9.37 Å². The van der Waals surface area contributed by atoms with E-state index in [9.17, 15) is 14.0 Å². The maximum absolute atomic E-state index is 13.4. The summed E-state index contributed by atoms with van der Waals surface area (Å²) in [5.74, 6) is -1.15. The highest BCUT2D eigenvalue weighted by Crippen LogP contribution is 2.33. The third-order valence-electron chi connectivity index (χ3n) is 4.24. The molecule has 0 saturated heterocycles. The van der Waals surface area contributed by atoms with E-state index in [4.69, 9.17) is 4.42 Å². The van der Waals surface area contributed by atoms with Gasteiger partial charge in [-0.2, -0.15) is 0 Å². The van der Waals surface area contributed by atoms with Crippen LogP contribution in [0.4, 0.5) is 15.8 Å². The van der Waals surface area contributed by atoms with Crippen molar-refractivity contribution in [2.45, 2.75) is 12.3 Å². The summed E-state index contributed by atoms with van der Waals surface area (Å²) in [6.45, 7) is 0. The molecule has 0 spiro atoms. The molecule has 2 aromatic carbocycles. The van der Waals surface area contributed by atoms with E-state index in [1.165, 1.54) is 24.6 Å². The number of halogens is 1. The largest absolute Gasteiger partial charge is 0.444 e. The molecule has 6 nitrogen and oxygen atoms in total. The summed E-state index contributed by atoms with van der Waals surface area (Å²) in [5, 5.41) is 5.40. The number of hydrogen-bond acceptors (Lipinski definition) is 4. The summed E-state index contributed by atoms with van der Waals surface area (Å²) in [6, 6.07) is 11.1. The number of nitrogens with zero attached hydrogens (tertiary/aromatic N) is 1. The highest BCUT2D eigenvalue weighted by atomic mass is 19.1. The predicted octanol–water partition coefficient (Wildman–Crippen LogP) is 3.55. The molecule has 0 aliphatic carbocycles. The molecule has 1 aliphatic rings. The van der Waals surface area contributed by atoms with Gasteiger partial charge in [0.2, 0.25) is 11.8 Å². The Labute approximate surface area is 148 Å². The lowest BCUT2D eigenvalue weighted by Crippen LogP contribution is -2.30. The number of nitrogens with one attached hydrogen (secondary N) is 2. The van der Waals surface area contributed by atoms with Crippen molar-refractivity contribution in [2.24, 2.45) is 0 Å². The summed E-state index contributed by atoms with van der Waals surface area (Å²) >= 11 is 0. The number of rotatable bonds is 3. The summed E-state index contributed by atoms with van der Waals surface area (Å²) in [4.78, 5) is 28.4. The van der Waals surface area contributed by atoms with Crippen LogP contribution >= 0.6 is 0 Å². The van der Waals surface area contributed by atoms with E-state index >= 15 is 0 Å². The van der Waals surface area contributed by atoms with Gasteiger partial charge in [0.1, 0.15) is 5.82 Å². The molecule has 0 saturated carbocycles. The first-order valence-corrected chi connectivity index (χ1v) is 7.99. The smallest absolute Gasteiger partial charge is 0.232 e. The maximum Gasteiger partial charge on any atom is 0.232 e. The minimum absolute atomic E-state index is 0.0145. The van der Waals surface area contributed by atoms with Crippen molar-refractivity contribution in [3.05, 3.63) is 66.4 Å². The Kier molecular flexibility index (Phi) is 3.96. The van der Waals surface area contributed by atoms with Crippen LogP contribution < -0.4 is 10.6 Å². The van der Waals surface area contributed by atoms with Gasteiger partial charge in [0.05, 0.1) is 12.1 Å². The van der Waals surface area contributed by atoms with Crippen molar-refractivity contribution < 1.29 is 18.4 Å². The normalized spacial score (nSPS) is 15.9. The van der Waals surface area contributed by atoms with Crippen LogP contribution in [0.15, 0.2) is 59.5 Å². The highest BCUT2D eigenvalue weighted by Gasteiger charge is 2.31. The van der Waals surface area contributed by atoms with Crippen LogP contribution in [0.3, 0.4) is 0 Å². The van der Waals surface area contributed by atoms with Crippen LogP contribution in [-0.2, 0) is 9.59 Å². The molecule has 3 aromatic rings. The van der Waals surface area contributed by atoms with Gasteiger partial charge < -0.3 is 15.1 Å². The Morgan fingerprint density at radius 2 is 2.04 bits per heavy atom. The number of hydrogen-bond donors (Lipinski definition) is 2. The van der Waals surface area contributed by atoms with E-state index in [2.05, 4.69) is 15.6 Å². The van der Waals surface area contributed by atoms with Crippen LogP contribution in [0.25, 0.3) is 11.3 Å². The molecule has 2 N–H and O–H groups in total. The minimum Gasteiger partial charge on any atom is -0.444 e. The van der Waals surface area contributed by atoms with Gasteiger partial charge in [0, 0.05) is 23.4 Å². The van der Waals surface area contributed by atoms with Crippen LogP contribution in [0, 0.1) is 5.82 Å². The number of carbonyl (C=O) groups excluding carboxylic acids is 2. The SMILES string of the molecule is O=C1CC(C(=O)Nc2ccc(-c3cnco3)cc2)c2ccc(F)cc2N1. The van der Waals surface area contributed by atoms with E-state index < -0.39 is 11.7 Å². The minimum atomic E-state index is -0.673.